The first kappa shape index (κ1) is 16.0. The molecule has 0 aliphatic heterocycles. The summed E-state index contributed by atoms with van der Waals surface area (Å²) in [7, 11) is -3.68. The number of hydrogen-bond acceptors (Lipinski definition) is 3. The summed E-state index contributed by atoms with van der Waals surface area (Å²) in [5.41, 5.74) is 1.22. The van der Waals surface area contributed by atoms with Gasteiger partial charge in [0, 0.05) is 11.6 Å². The SMILES string of the molecule is Cc1cc(Cl)ccc1S(=O)(=O)NCC(O)c1ccccc1. The van der Waals surface area contributed by atoms with E-state index in [1.165, 1.54) is 12.1 Å². The molecule has 112 valence electrons. The van der Waals surface area contributed by atoms with Gasteiger partial charge in [0.1, 0.15) is 0 Å². The number of rotatable bonds is 5. The molecule has 0 bridgehead atoms. The van der Waals surface area contributed by atoms with Crippen molar-refractivity contribution in [2.24, 2.45) is 0 Å². The molecule has 6 heteroatoms. The van der Waals surface area contributed by atoms with Gasteiger partial charge in [-0.05, 0) is 36.2 Å². The summed E-state index contributed by atoms with van der Waals surface area (Å²) >= 11 is 5.82. The van der Waals surface area contributed by atoms with Gasteiger partial charge in [0.2, 0.25) is 10.0 Å². The van der Waals surface area contributed by atoms with Crippen LogP contribution in [0.5, 0.6) is 0 Å². The zero-order valence-corrected chi connectivity index (χ0v) is 13.0. The van der Waals surface area contributed by atoms with E-state index < -0.39 is 16.1 Å². The van der Waals surface area contributed by atoms with Crippen LogP contribution in [0.15, 0.2) is 53.4 Å². The Hall–Kier alpha value is -1.40. The van der Waals surface area contributed by atoms with E-state index in [1.807, 2.05) is 6.07 Å². The zero-order valence-electron chi connectivity index (χ0n) is 11.5. The highest BCUT2D eigenvalue weighted by atomic mass is 35.5. The summed E-state index contributed by atoms with van der Waals surface area (Å²) in [6, 6.07) is 13.5. The van der Waals surface area contributed by atoms with Crippen LogP contribution in [-0.4, -0.2) is 20.1 Å². The Bertz CT molecular complexity index is 717. The molecular weight excluding hydrogens is 310 g/mol. The lowest BCUT2D eigenvalue weighted by Gasteiger charge is -2.13. The van der Waals surface area contributed by atoms with E-state index in [0.717, 1.165) is 0 Å². The van der Waals surface area contributed by atoms with Crippen LogP contribution in [0, 0.1) is 6.92 Å². The first-order valence-electron chi connectivity index (χ1n) is 6.39. The fourth-order valence-corrected chi connectivity index (χ4v) is 3.46. The summed E-state index contributed by atoms with van der Waals surface area (Å²) < 4.78 is 26.9. The van der Waals surface area contributed by atoms with E-state index in [9.17, 15) is 13.5 Å². The van der Waals surface area contributed by atoms with Crippen LogP contribution in [-0.2, 0) is 10.0 Å². The smallest absolute Gasteiger partial charge is 0.240 e. The summed E-state index contributed by atoms with van der Waals surface area (Å²) in [6.45, 7) is 1.59. The number of halogens is 1. The van der Waals surface area contributed by atoms with Crippen molar-refractivity contribution in [1.29, 1.82) is 0 Å². The Kier molecular flexibility index (Phi) is 5.00. The van der Waals surface area contributed by atoms with Crippen molar-refractivity contribution >= 4 is 21.6 Å². The maximum atomic E-state index is 12.2. The lowest BCUT2D eigenvalue weighted by atomic mass is 10.1. The monoisotopic (exact) mass is 325 g/mol. The maximum Gasteiger partial charge on any atom is 0.240 e. The van der Waals surface area contributed by atoms with Gasteiger partial charge in [-0.15, -0.1) is 0 Å². The fraction of sp³-hybridized carbons (Fsp3) is 0.200. The van der Waals surface area contributed by atoms with Gasteiger partial charge in [0.05, 0.1) is 11.0 Å². The largest absolute Gasteiger partial charge is 0.387 e. The summed E-state index contributed by atoms with van der Waals surface area (Å²) in [4.78, 5) is 0.159. The van der Waals surface area contributed by atoms with Crippen molar-refractivity contribution in [3.8, 4) is 0 Å². The van der Waals surface area contributed by atoms with E-state index in [1.54, 1.807) is 37.3 Å². The van der Waals surface area contributed by atoms with Gasteiger partial charge in [0.25, 0.3) is 0 Å². The molecule has 0 saturated heterocycles. The number of sulfonamides is 1. The van der Waals surface area contributed by atoms with E-state index >= 15 is 0 Å². The Labute approximate surface area is 129 Å². The average molecular weight is 326 g/mol. The fourth-order valence-electron chi connectivity index (χ4n) is 1.97. The third-order valence-electron chi connectivity index (χ3n) is 3.08. The predicted molar refractivity (Wildman–Crippen MR) is 82.8 cm³/mol. The third kappa shape index (κ3) is 4.04. The number of aliphatic hydroxyl groups excluding tert-OH is 1. The first-order valence-corrected chi connectivity index (χ1v) is 8.25. The zero-order chi connectivity index (χ0) is 15.5. The third-order valence-corrected chi connectivity index (χ3v) is 4.90. The average Bonchev–Trinajstić information content (AvgIpc) is 2.45. The number of nitrogens with one attached hydrogen (secondary N) is 1. The topological polar surface area (TPSA) is 66.4 Å². The van der Waals surface area contributed by atoms with Crippen molar-refractivity contribution < 1.29 is 13.5 Å². The Morgan fingerprint density at radius 2 is 1.86 bits per heavy atom. The van der Waals surface area contributed by atoms with Crippen LogP contribution in [0.4, 0.5) is 0 Å². The molecule has 2 aromatic rings. The van der Waals surface area contributed by atoms with Gasteiger partial charge >= 0.3 is 0 Å². The van der Waals surface area contributed by atoms with Crippen LogP contribution in [0.25, 0.3) is 0 Å². The molecule has 1 unspecified atom stereocenters. The maximum absolute atomic E-state index is 12.2. The molecule has 2 aromatic carbocycles. The standard InChI is InChI=1S/C15H16ClNO3S/c1-11-9-13(16)7-8-15(11)21(19,20)17-10-14(18)12-5-3-2-4-6-12/h2-9,14,17-18H,10H2,1H3. The van der Waals surface area contributed by atoms with Crippen LogP contribution >= 0.6 is 11.6 Å². The minimum Gasteiger partial charge on any atom is -0.387 e. The van der Waals surface area contributed by atoms with Crippen molar-refractivity contribution in [2.75, 3.05) is 6.54 Å². The molecule has 0 spiro atoms. The van der Waals surface area contributed by atoms with Crippen LogP contribution in [0.1, 0.15) is 17.2 Å². The Morgan fingerprint density at radius 1 is 1.19 bits per heavy atom. The highest BCUT2D eigenvalue weighted by Gasteiger charge is 2.18. The van der Waals surface area contributed by atoms with Gasteiger partial charge in [-0.25, -0.2) is 13.1 Å². The van der Waals surface area contributed by atoms with Gasteiger partial charge < -0.3 is 5.11 Å². The lowest BCUT2D eigenvalue weighted by Crippen LogP contribution is -2.29. The van der Waals surface area contributed by atoms with E-state index in [4.69, 9.17) is 11.6 Å². The Morgan fingerprint density at radius 3 is 2.48 bits per heavy atom. The van der Waals surface area contributed by atoms with Crippen molar-refractivity contribution in [1.82, 2.24) is 4.72 Å². The molecule has 0 saturated carbocycles. The molecule has 21 heavy (non-hydrogen) atoms. The molecule has 0 amide bonds. The molecule has 0 aliphatic rings. The summed E-state index contributed by atoms with van der Waals surface area (Å²) in [5, 5.41) is 10.5. The molecule has 0 aliphatic carbocycles. The molecule has 1 atom stereocenters. The molecular formula is C15H16ClNO3S. The highest BCUT2D eigenvalue weighted by Crippen LogP contribution is 2.20. The summed E-state index contributed by atoms with van der Waals surface area (Å²) in [6.07, 6.45) is -0.895. The Balaban J connectivity index is 2.11. The van der Waals surface area contributed by atoms with Crippen molar-refractivity contribution in [2.45, 2.75) is 17.9 Å². The number of hydrogen-bond donors (Lipinski definition) is 2. The van der Waals surface area contributed by atoms with E-state index in [-0.39, 0.29) is 11.4 Å². The molecule has 2 rings (SSSR count). The van der Waals surface area contributed by atoms with Crippen LogP contribution in [0.3, 0.4) is 0 Å². The van der Waals surface area contributed by atoms with Gasteiger partial charge in [-0.1, -0.05) is 41.9 Å². The van der Waals surface area contributed by atoms with Gasteiger partial charge in [0.15, 0.2) is 0 Å². The molecule has 0 heterocycles. The second-order valence-corrected chi connectivity index (χ2v) is 6.86. The molecule has 0 fully saturated rings. The number of benzene rings is 2. The highest BCUT2D eigenvalue weighted by molar-refractivity contribution is 7.89. The van der Waals surface area contributed by atoms with E-state index in [2.05, 4.69) is 4.72 Å². The molecule has 2 N–H and O–H groups in total. The quantitative estimate of drug-likeness (QED) is 0.888. The molecule has 0 aromatic heterocycles. The second kappa shape index (κ2) is 6.58. The molecule has 0 radical (unpaired) electrons. The van der Waals surface area contributed by atoms with Gasteiger partial charge in [-0.3, -0.25) is 0 Å². The predicted octanol–water partition coefficient (Wildman–Crippen LogP) is 2.66. The van der Waals surface area contributed by atoms with Crippen molar-refractivity contribution in [3.63, 3.8) is 0 Å². The van der Waals surface area contributed by atoms with Crippen LogP contribution in [0.2, 0.25) is 5.02 Å². The minimum absolute atomic E-state index is 0.0889. The second-order valence-electron chi connectivity index (χ2n) is 4.69. The van der Waals surface area contributed by atoms with Crippen LogP contribution < -0.4 is 4.72 Å². The van der Waals surface area contributed by atoms with Crippen molar-refractivity contribution in [3.05, 3.63) is 64.7 Å². The molecule has 4 nitrogen and oxygen atoms in total. The lowest BCUT2D eigenvalue weighted by molar-refractivity contribution is 0.182. The summed E-state index contributed by atoms with van der Waals surface area (Å²) in [5.74, 6) is 0. The first-order chi connectivity index (χ1) is 9.90. The van der Waals surface area contributed by atoms with E-state index in [0.29, 0.717) is 16.1 Å². The normalized spacial score (nSPS) is 13.1. The number of aliphatic hydroxyl groups is 1. The number of aryl methyl sites for hydroxylation is 1. The minimum atomic E-state index is -3.68. The van der Waals surface area contributed by atoms with Gasteiger partial charge in [-0.2, -0.15) is 0 Å².